The lowest BCUT2D eigenvalue weighted by atomic mass is 10.1. The van der Waals surface area contributed by atoms with Gasteiger partial charge in [0.1, 0.15) is 17.5 Å². The summed E-state index contributed by atoms with van der Waals surface area (Å²) in [5.41, 5.74) is 0.0452. The topological polar surface area (TPSA) is 36.4 Å². The minimum Gasteiger partial charge on any atom is -0.353 e. The Balaban J connectivity index is 1.67. The standard InChI is InChI=1S/C16H15F2N3O/c17-13-9-12(10-14(18)11-13)16(22)21-7-5-20(6-8-21)15-3-1-2-4-19-15/h1-4,9-11H,5-8H2. The van der Waals surface area contributed by atoms with Gasteiger partial charge in [-0.1, -0.05) is 6.07 Å². The molecule has 1 aliphatic rings. The average molecular weight is 303 g/mol. The van der Waals surface area contributed by atoms with Gasteiger partial charge in [0.2, 0.25) is 0 Å². The first-order valence-electron chi connectivity index (χ1n) is 7.05. The van der Waals surface area contributed by atoms with E-state index in [9.17, 15) is 13.6 Å². The second-order valence-electron chi connectivity index (χ2n) is 5.13. The summed E-state index contributed by atoms with van der Waals surface area (Å²) in [6.07, 6.45) is 1.72. The van der Waals surface area contributed by atoms with Crippen molar-refractivity contribution in [2.45, 2.75) is 0 Å². The molecule has 1 amide bonds. The van der Waals surface area contributed by atoms with E-state index in [4.69, 9.17) is 0 Å². The van der Waals surface area contributed by atoms with Crippen LogP contribution in [0.25, 0.3) is 0 Å². The molecule has 0 atom stereocenters. The van der Waals surface area contributed by atoms with Gasteiger partial charge in [-0.05, 0) is 24.3 Å². The molecular formula is C16H15F2N3O. The lowest BCUT2D eigenvalue weighted by Gasteiger charge is -2.35. The number of aromatic nitrogens is 1. The van der Waals surface area contributed by atoms with Gasteiger partial charge in [-0.3, -0.25) is 4.79 Å². The SMILES string of the molecule is O=C(c1cc(F)cc(F)c1)N1CCN(c2ccccn2)CC1. The summed E-state index contributed by atoms with van der Waals surface area (Å²) in [4.78, 5) is 20.3. The molecule has 1 aromatic heterocycles. The van der Waals surface area contributed by atoms with Crippen molar-refractivity contribution >= 4 is 11.7 Å². The van der Waals surface area contributed by atoms with E-state index in [0.717, 1.165) is 24.0 Å². The number of benzene rings is 1. The summed E-state index contributed by atoms with van der Waals surface area (Å²) in [6, 6.07) is 8.57. The largest absolute Gasteiger partial charge is 0.353 e. The molecule has 1 fully saturated rings. The van der Waals surface area contributed by atoms with Crippen molar-refractivity contribution in [3.8, 4) is 0 Å². The molecule has 22 heavy (non-hydrogen) atoms. The molecule has 2 aromatic rings. The highest BCUT2D eigenvalue weighted by molar-refractivity contribution is 5.94. The third-order valence-corrected chi connectivity index (χ3v) is 3.65. The molecule has 0 N–H and O–H groups in total. The molecule has 0 bridgehead atoms. The van der Waals surface area contributed by atoms with Crippen molar-refractivity contribution < 1.29 is 13.6 Å². The molecule has 2 heterocycles. The molecule has 0 saturated carbocycles. The lowest BCUT2D eigenvalue weighted by molar-refractivity contribution is 0.0745. The summed E-state index contributed by atoms with van der Waals surface area (Å²) in [5.74, 6) is -0.962. The third-order valence-electron chi connectivity index (χ3n) is 3.65. The van der Waals surface area contributed by atoms with Crippen LogP contribution in [0, 0.1) is 11.6 Å². The Bertz CT molecular complexity index is 650. The number of piperazine rings is 1. The van der Waals surface area contributed by atoms with E-state index < -0.39 is 11.6 Å². The smallest absolute Gasteiger partial charge is 0.254 e. The van der Waals surface area contributed by atoms with Gasteiger partial charge in [0, 0.05) is 44.0 Å². The van der Waals surface area contributed by atoms with Gasteiger partial charge in [-0.25, -0.2) is 13.8 Å². The zero-order chi connectivity index (χ0) is 15.5. The fraction of sp³-hybridized carbons (Fsp3) is 0.250. The third kappa shape index (κ3) is 3.05. The fourth-order valence-corrected chi connectivity index (χ4v) is 2.54. The molecule has 1 aliphatic heterocycles. The maximum absolute atomic E-state index is 13.2. The Morgan fingerprint density at radius 2 is 1.68 bits per heavy atom. The molecule has 0 aliphatic carbocycles. The molecule has 0 radical (unpaired) electrons. The number of hydrogen-bond donors (Lipinski definition) is 0. The molecule has 3 rings (SSSR count). The fourth-order valence-electron chi connectivity index (χ4n) is 2.54. The summed E-state index contributed by atoms with van der Waals surface area (Å²) in [5, 5.41) is 0. The van der Waals surface area contributed by atoms with Crippen molar-refractivity contribution in [3.05, 3.63) is 59.8 Å². The minimum absolute atomic E-state index is 0.0452. The Morgan fingerprint density at radius 3 is 2.27 bits per heavy atom. The first-order chi connectivity index (χ1) is 10.6. The molecule has 1 saturated heterocycles. The van der Waals surface area contributed by atoms with Crippen LogP contribution in [0.15, 0.2) is 42.6 Å². The Kier molecular flexibility index (Phi) is 4.00. The van der Waals surface area contributed by atoms with Crippen LogP contribution < -0.4 is 4.90 Å². The quantitative estimate of drug-likeness (QED) is 0.854. The number of carbonyl (C=O) groups excluding carboxylic acids is 1. The highest BCUT2D eigenvalue weighted by Gasteiger charge is 2.23. The number of amides is 1. The predicted octanol–water partition coefficient (Wildman–Crippen LogP) is 2.32. The summed E-state index contributed by atoms with van der Waals surface area (Å²) in [7, 11) is 0. The van der Waals surface area contributed by atoms with Gasteiger partial charge in [0.15, 0.2) is 0 Å². The highest BCUT2D eigenvalue weighted by Crippen LogP contribution is 2.15. The van der Waals surface area contributed by atoms with Crippen molar-refractivity contribution in [3.63, 3.8) is 0 Å². The average Bonchev–Trinajstić information content (AvgIpc) is 2.54. The molecule has 6 heteroatoms. The monoisotopic (exact) mass is 303 g/mol. The van der Waals surface area contributed by atoms with E-state index in [2.05, 4.69) is 9.88 Å². The normalized spacial score (nSPS) is 15.0. The number of hydrogen-bond acceptors (Lipinski definition) is 3. The van der Waals surface area contributed by atoms with Crippen LogP contribution in [0.2, 0.25) is 0 Å². The number of carbonyl (C=O) groups is 1. The molecule has 0 unspecified atom stereocenters. The summed E-state index contributed by atoms with van der Waals surface area (Å²) < 4.78 is 26.4. The highest BCUT2D eigenvalue weighted by atomic mass is 19.1. The number of anilines is 1. The van der Waals surface area contributed by atoms with E-state index in [1.165, 1.54) is 0 Å². The van der Waals surface area contributed by atoms with E-state index in [1.807, 2.05) is 18.2 Å². The number of pyridine rings is 1. The van der Waals surface area contributed by atoms with Gasteiger partial charge in [-0.15, -0.1) is 0 Å². The molecule has 114 valence electrons. The predicted molar refractivity (Wildman–Crippen MR) is 78.7 cm³/mol. The van der Waals surface area contributed by atoms with Crippen LogP contribution in [-0.2, 0) is 0 Å². The van der Waals surface area contributed by atoms with Gasteiger partial charge in [0.05, 0.1) is 0 Å². The maximum Gasteiger partial charge on any atom is 0.254 e. The van der Waals surface area contributed by atoms with Crippen LogP contribution in [-0.4, -0.2) is 42.0 Å². The van der Waals surface area contributed by atoms with E-state index in [0.29, 0.717) is 26.2 Å². The van der Waals surface area contributed by atoms with Gasteiger partial charge in [-0.2, -0.15) is 0 Å². The van der Waals surface area contributed by atoms with Crippen LogP contribution in [0.4, 0.5) is 14.6 Å². The first-order valence-corrected chi connectivity index (χ1v) is 7.05. The van der Waals surface area contributed by atoms with Crippen molar-refractivity contribution in [1.29, 1.82) is 0 Å². The molecule has 0 spiro atoms. The second-order valence-corrected chi connectivity index (χ2v) is 5.13. The van der Waals surface area contributed by atoms with E-state index in [1.54, 1.807) is 11.1 Å². The summed E-state index contributed by atoms with van der Waals surface area (Å²) >= 11 is 0. The Hall–Kier alpha value is -2.50. The van der Waals surface area contributed by atoms with Gasteiger partial charge < -0.3 is 9.80 Å². The number of halogens is 2. The van der Waals surface area contributed by atoms with Gasteiger partial charge in [0.25, 0.3) is 5.91 Å². The zero-order valence-electron chi connectivity index (χ0n) is 11.9. The van der Waals surface area contributed by atoms with Crippen molar-refractivity contribution in [1.82, 2.24) is 9.88 Å². The first kappa shape index (κ1) is 14.4. The van der Waals surface area contributed by atoms with E-state index in [-0.39, 0.29) is 11.5 Å². The minimum atomic E-state index is -0.740. The molecule has 4 nitrogen and oxygen atoms in total. The van der Waals surface area contributed by atoms with E-state index >= 15 is 0 Å². The van der Waals surface area contributed by atoms with Crippen molar-refractivity contribution in [2.24, 2.45) is 0 Å². The summed E-state index contributed by atoms with van der Waals surface area (Å²) in [6.45, 7) is 2.27. The Labute approximate surface area is 127 Å². The van der Waals surface area contributed by atoms with Gasteiger partial charge >= 0.3 is 0 Å². The van der Waals surface area contributed by atoms with Crippen LogP contribution in [0.1, 0.15) is 10.4 Å². The second kappa shape index (κ2) is 6.09. The Morgan fingerprint density at radius 1 is 1.00 bits per heavy atom. The van der Waals surface area contributed by atoms with Crippen LogP contribution in [0.5, 0.6) is 0 Å². The molecule has 1 aromatic carbocycles. The van der Waals surface area contributed by atoms with Crippen molar-refractivity contribution in [2.75, 3.05) is 31.1 Å². The maximum atomic E-state index is 13.2. The van der Waals surface area contributed by atoms with Crippen LogP contribution in [0.3, 0.4) is 0 Å². The lowest BCUT2D eigenvalue weighted by Crippen LogP contribution is -2.49. The number of rotatable bonds is 2. The number of nitrogens with zero attached hydrogens (tertiary/aromatic N) is 3. The molecular weight excluding hydrogens is 288 g/mol. The zero-order valence-corrected chi connectivity index (χ0v) is 11.9. The van der Waals surface area contributed by atoms with Crippen LogP contribution >= 0.6 is 0 Å².